The first-order chi connectivity index (χ1) is 15.1. The summed E-state index contributed by atoms with van der Waals surface area (Å²) in [5.41, 5.74) is 0.0921. The Bertz CT molecular complexity index is 1240. The number of halogens is 4. The highest BCUT2D eigenvalue weighted by molar-refractivity contribution is 7.92. The van der Waals surface area contributed by atoms with Crippen molar-refractivity contribution in [1.29, 1.82) is 0 Å². The molecule has 0 saturated carbocycles. The fourth-order valence-corrected chi connectivity index (χ4v) is 4.58. The monoisotopic (exact) mass is 470 g/mol. The third kappa shape index (κ3) is 4.85. The van der Waals surface area contributed by atoms with E-state index in [0.717, 1.165) is 61.8 Å². The molecule has 1 aliphatic heterocycles. The number of ether oxygens (including phenoxy) is 1. The second kappa shape index (κ2) is 8.41. The lowest BCUT2D eigenvalue weighted by Gasteiger charge is -2.13. The highest BCUT2D eigenvalue weighted by Crippen LogP contribution is 2.30. The number of alkyl halides is 3. The Morgan fingerprint density at radius 1 is 1.03 bits per heavy atom. The molecule has 7 nitrogen and oxygen atoms in total. The van der Waals surface area contributed by atoms with Crippen LogP contribution in [0.1, 0.15) is 25.1 Å². The predicted molar refractivity (Wildman–Crippen MR) is 107 cm³/mol. The molecule has 1 N–H and O–H groups in total. The van der Waals surface area contributed by atoms with Gasteiger partial charge in [0, 0.05) is 24.7 Å². The van der Waals surface area contributed by atoms with Gasteiger partial charge in [0.15, 0.2) is 5.82 Å². The van der Waals surface area contributed by atoms with Crippen LogP contribution in [0.3, 0.4) is 0 Å². The second-order valence-electron chi connectivity index (χ2n) is 7.22. The SMILES string of the molecule is O=S(=O)(Nc1ccc(F)c(-c2nnc3n2CCCCC3)c1)c1cccc(OC(F)(F)F)c1. The number of anilines is 1. The average molecular weight is 470 g/mol. The summed E-state index contributed by atoms with van der Waals surface area (Å²) in [5.74, 6) is -0.246. The van der Waals surface area contributed by atoms with E-state index < -0.39 is 32.8 Å². The maximum Gasteiger partial charge on any atom is 0.573 e. The minimum absolute atomic E-state index is 0.0227. The van der Waals surface area contributed by atoms with Crippen LogP contribution in [0.15, 0.2) is 47.4 Å². The molecule has 2 aromatic carbocycles. The van der Waals surface area contributed by atoms with Crippen molar-refractivity contribution in [3.8, 4) is 17.1 Å². The maximum absolute atomic E-state index is 14.6. The molecule has 0 atom stereocenters. The van der Waals surface area contributed by atoms with Crippen LogP contribution in [-0.2, 0) is 23.0 Å². The number of hydrogen-bond acceptors (Lipinski definition) is 5. The van der Waals surface area contributed by atoms with E-state index in [4.69, 9.17) is 0 Å². The highest BCUT2D eigenvalue weighted by atomic mass is 32.2. The van der Waals surface area contributed by atoms with Gasteiger partial charge < -0.3 is 9.30 Å². The third-order valence-corrected chi connectivity index (χ3v) is 6.30. The van der Waals surface area contributed by atoms with E-state index in [0.29, 0.717) is 12.4 Å². The van der Waals surface area contributed by atoms with Gasteiger partial charge in [0.2, 0.25) is 0 Å². The number of nitrogens with zero attached hydrogens (tertiary/aromatic N) is 3. The van der Waals surface area contributed by atoms with Gasteiger partial charge in [0.25, 0.3) is 10.0 Å². The van der Waals surface area contributed by atoms with Gasteiger partial charge in [-0.05, 0) is 43.2 Å². The first kappa shape index (κ1) is 22.1. The van der Waals surface area contributed by atoms with Crippen molar-refractivity contribution < 1.29 is 30.7 Å². The molecule has 170 valence electrons. The number of hydrogen-bond donors (Lipinski definition) is 1. The molecule has 2 heterocycles. The Labute approximate surface area is 181 Å². The summed E-state index contributed by atoms with van der Waals surface area (Å²) >= 11 is 0. The van der Waals surface area contributed by atoms with E-state index >= 15 is 0 Å². The quantitative estimate of drug-likeness (QED) is 0.555. The van der Waals surface area contributed by atoms with Crippen LogP contribution in [0.4, 0.5) is 23.2 Å². The van der Waals surface area contributed by atoms with Crippen LogP contribution >= 0.6 is 0 Å². The van der Waals surface area contributed by atoms with Crippen molar-refractivity contribution in [1.82, 2.24) is 14.8 Å². The number of fused-ring (bicyclic) bond motifs is 1. The molecule has 0 saturated heterocycles. The van der Waals surface area contributed by atoms with E-state index in [-0.39, 0.29) is 11.3 Å². The van der Waals surface area contributed by atoms with Crippen molar-refractivity contribution in [2.45, 2.75) is 43.5 Å². The molecule has 12 heteroatoms. The van der Waals surface area contributed by atoms with Crippen molar-refractivity contribution in [3.05, 3.63) is 54.1 Å². The topological polar surface area (TPSA) is 86.1 Å². The zero-order valence-corrected chi connectivity index (χ0v) is 17.4. The lowest BCUT2D eigenvalue weighted by atomic mass is 10.1. The Morgan fingerprint density at radius 2 is 1.84 bits per heavy atom. The van der Waals surface area contributed by atoms with Gasteiger partial charge in [-0.15, -0.1) is 23.4 Å². The fraction of sp³-hybridized carbons (Fsp3) is 0.300. The molecule has 0 radical (unpaired) electrons. The first-order valence-electron chi connectivity index (χ1n) is 9.73. The zero-order chi connectivity index (χ0) is 22.9. The molecule has 32 heavy (non-hydrogen) atoms. The normalized spacial score (nSPS) is 14.5. The van der Waals surface area contributed by atoms with Crippen molar-refractivity contribution in [2.24, 2.45) is 0 Å². The molecule has 3 aromatic rings. The van der Waals surface area contributed by atoms with Crippen LogP contribution in [0, 0.1) is 5.82 Å². The Kier molecular flexibility index (Phi) is 5.80. The van der Waals surface area contributed by atoms with Crippen LogP contribution in [0.25, 0.3) is 11.4 Å². The maximum atomic E-state index is 14.6. The van der Waals surface area contributed by atoms with E-state index in [1.807, 2.05) is 4.57 Å². The highest BCUT2D eigenvalue weighted by Gasteiger charge is 2.31. The summed E-state index contributed by atoms with van der Waals surface area (Å²) in [5, 5.41) is 8.21. The Hall–Kier alpha value is -3.15. The summed E-state index contributed by atoms with van der Waals surface area (Å²) in [4.78, 5) is -0.443. The van der Waals surface area contributed by atoms with E-state index in [2.05, 4.69) is 19.7 Å². The van der Waals surface area contributed by atoms with E-state index in [9.17, 15) is 26.0 Å². The largest absolute Gasteiger partial charge is 0.573 e. The van der Waals surface area contributed by atoms with Gasteiger partial charge in [0.05, 0.1) is 10.5 Å². The summed E-state index contributed by atoms with van der Waals surface area (Å²) in [6.45, 7) is 0.624. The zero-order valence-electron chi connectivity index (χ0n) is 16.6. The number of aromatic nitrogens is 3. The summed E-state index contributed by atoms with van der Waals surface area (Å²) in [6, 6.07) is 7.57. The fourth-order valence-electron chi connectivity index (χ4n) is 3.50. The Balaban J connectivity index is 1.64. The van der Waals surface area contributed by atoms with Gasteiger partial charge in [-0.1, -0.05) is 12.5 Å². The second-order valence-corrected chi connectivity index (χ2v) is 8.91. The van der Waals surface area contributed by atoms with Crippen LogP contribution in [0.5, 0.6) is 5.75 Å². The van der Waals surface area contributed by atoms with Crippen LogP contribution in [0.2, 0.25) is 0 Å². The minimum Gasteiger partial charge on any atom is -0.406 e. The smallest absolute Gasteiger partial charge is 0.406 e. The number of aryl methyl sites for hydroxylation is 1. The molecule has 0 aliphatic carbocycles. The average Bonchev–Trinajstić information content (AvgIpc) is 2.96. The standard InChI is InChI=1S/C20H18F4N4O3S/c21-17-9-8-13(11-16(17)19-26-25-18-7-2-1-3-10-28(18)19)27-32(29,30)15-6-4-5-14(12-15)31-20(22,23)24/h4-6,8-9,11-12,27H,1-3,7,10H2. The van der Waals surface area contributed by atoms with E-state index in [1.165, 1.54) is 12.1 Å². The van der Waals surface area contributed by atoms with Gasteiger partial charge in [0.1, 0.15) is 17.4 Å². The van der Waals surface area contributed by atoms with Crippen molar-refractivity contribution in [3.63, 3.8) is 0 Å². The molecule has 0 unspecified atom stereocenters. The molecule has 1 aliphatic rings. The molecule has 0 bridgehead atoms. The minimum atomic E-state index is -4.96. The molecule has 0 spiro atoms. The van der Waals surface area contributed by atoms with Crippen LogP contribution in [-0.4, -0.2) is 29.5 Å². The number of nitrogens with one attached hydrogen (secondary N) is 1. The number of benzene rings is 2. The van der Waals surface area contributed by atoms with E-state index in [1.54, 1.807) is 0 Å². The van der Waals surface area contributed by atoms with Gasteiger partial charge in [-0.2, -0.15) is 0 Å². The van der Waals surface area contributed by atoms with Gasteiger partial charge >= 0.3 is 6.36 Å². The number of sulfonamides is 1. The molecule has 0 amide bonds. The van der Waals surface area contributed by atoms with Gasteiger partial charge in [-0.3, -0.25) is 4.72 Å². The molecule has 4 rings (SSSR count). The lowest BCUT2D eigenvalue weighted by Crippen LogP contribution is -2.18. The predicted octanol–water partition coefficient (Wildman–Crippen LogP) is 4.51. The summed E-state index contributed by atoms with van der Waals surface area (Å²) in [6.07, 6.45) is -1.38. The third-order valence-electron chi connectivity index (χ3n) is 4.92. The lowest BCUT2D eigenvalue weighted by molar-refractivity contribution is -0.274. The molecule has 1 aromatic heterocycles. The van der Waals surface area contributed by atoms with Crippen LogP contribution < -0.4 is 9.46 Å². The summed E-state index contributed by atoms with van der Waals surface area (Å²) < 4.78 is 85.2. The first-order valence-corrected chi connectivity index (χ1v) is 11.2. The molecular weight excluding hydrogens is 452 g/mol. The van der Waals surface area contributed by atoms with Crippen molar-refractivity contribution >= 4 is 15.7 Å². The summed E-state index contributed by atoms with van der Waals surface area (Å²) in [7, 11) is -4.28. The number of rotatable bonds is 5. The molecule has 0 fully saturated rings. The Morgan fingerprint density at radius 3 is 2.62 bits per heavy atom. The van der Waals surface area contributed by atoms with Crippen molar-refractivity contribution in [2.75, 3.05) is 4.72 Å². The van der Waals surface area contributed by atoms with Gasteiger partial charge in [-0.25, -0.2) is 12.8 Å². The molecular formula is C20H18F4N4O3S.